The Labute approximate surface area is 143 Å². The van der Waals surface area contributed by atoms with E-state index < -0.39 is 10.0 Å². The molecular weight excluding hydrogens is 420 g/mol. The van der Waals surface area contributed by atoms with Gasteiger partial charge < -0.3 is 5.73 Å². The third kappa shape index (κ3) is 4.68. The molecule has 0 aliphatic heterocycles. The predicted molar refractivity (Wildman–Crippen MR) is 92.6 cm³/mol. The number of benzene rings is 1. The number of nitrogens with two attached hydrogens (primary N) is 1. The number of nitrogens with one attached hydrogen (secondary N) is 1. The summed E-state index contributed by atoms with van der Waals surface area (Å²) in [5.41, 5.74) is 6.08. The summed E-state index contributed by atoms with van der Waals surface area (Å²) < 4.78 is 28.7. The van der Waals surface area contributed by atoms with Gasteiger partial charge in [0.2, 0.25) is 10.0 Å². The van der Waals surface area contributed by atoms with Crippen LogP contribution in [0.1, 0.15) is 38.5 Å². The Hall–Kier alpha value is -0.110. The summed E-state index contributed by atoms with van der Waals surface area (Å²) in [4.78, 5) is 0.120. The van der Waals surface area contributed by atoms with Crippen molar-refractivity contribution in [3.05, 3.63) is 21.1 Å². The molecule has 0 saturated heterocycles. The maximum Gasteiger partial charge on any atom is 0.243 e. The molecule has 1 aliphatic carbocycles. The van der Waals surface area contributed by atoms with Crippen LogP contribution in [0.15, 0.2) is 26.0 Å². The van der Waals surface area contributed by atoms with Gasteiger partial charge in [0.05, 0.1) is 5.69 Å². The Morgan fingerprint density at radius 1 is 1.19 bits per heavy atom. The van der Waals surface area contributed by atoms with Gasteiger partial charge in [-0.2, -0.15) is 0 Å². The number of hydrogen-bond acceptors (Lipinski definition) is 3. The third-order valence-corrected chi connectivity index (χ3v) is 6.80. The molecule has 0 spiro atoms. The molecule has 1 aromatic carbocycles. The van der Waals surface area contributed by atoms with Crippen LogP contribution in [0.3, 0.4) is 0 Å². The number of rotatable bonds is 5. The smallest absolute Gasteiger partial charge is 0.243 e. The molecule has 0 bridgehead atoms. The van der Waals surface area contributed by atoms with E-state index in [1.807, 2.05) is 0 Å². The Kier molecular flexibility index (Phi) is 6.11. The number of sulfonamides is 1. The molecule has 1 aliphatic rings. The fraction of sp³-hybridized carbons (Fsp3) is 0.571. The summed E-state index contributed by atoms with van der Waals surface area (Å²) in [6.45, 7) is 0.467. The minimum atomic E-state index is -3.58. The summed E-state index contributed by atoms with van der Waals surface area (Å²) in [6.07, 6.45) is 7.17. The van der Waals surface area contributed by atoms with Crippen LogP contribution in [0.25, 0.3) is 0 Å². The molecule has 0 aromatic heterocycles. The van der Waals surface area contributed by atoms with Crippen molar-refractivity contribution in [3.8, 4) is 0 Å². The van der Waals surface area contributed by atoms with Gasteiger partial charge in [-0.3, -0.25) is 0 Å². The second-order valence-electron chi connectivity index (χ2n) is 5.50. The van der Waals surface area contributed by atoms with Gasteiger partial charge in [0.1, 0.15) is 4.90 Å². The van der Waals surface area contributed by atoms with Crippen LogP contribution in [-0.4, -0.2) is 15.0 Å². The molecule has 0 heterocycles. The van der Waals surface area contributed by atoms with Gasteiger partial charge in [-0.15, -0.1) is 0 Å². The third-order valence-electron chi connectivity index (χ3n) is 3.88. The Bertz CT molecular complexity index is 576. The normalized spacial score (nSPS) is 17.0. The van der Waals surface area contributed by atoms with Gasteiger partial charge in [0.25, 0.3) is 0 Å². The highest BCUT2D eigenvalue weighted by Gasteiger charge is 2.22. The van der Waals surface area contributed by atoms with Crippen molar-refractivity contribution in [1.82, 2.24) is 4.72 Å². The zero-order chi connectivity index (χ0) is 15.5. The number of anilines is 1. The largest absolute Gasteiger partial charge is 0.398 e. The minimum absolute atomic E-state index is 0.120. The Morgan fingerprint density at radius 3 is 2.48 bits per heavy atom. The van der Waals surface area contributed by atoms with Crippen molar-refractivity contribution in [3.63, 3.8) is 0 Å². The average Bonchev–Trinajstić information content (AvgIpc) is 2.38. The Balaban J connectivity index is 2.01. The first-order valence-electron chi connectivity index (χ1n) is 7.14. The lowest BCUT2D eigenvalue weighted by molar-refractivity contribution is 0.339. The monoisotopic (exact) mass is 438 g/mol. The SMILES string of the molecule is Nc1cc(Br)cc(Br)c1S(=O)(=O)NCCC1CCCCC1. The molecule has 4 nitrogen and oxygen atoms in total. The average molecular weight is 440 g/mol. The minimum Gasteiger partial charge on any atom is -0.398 e. The first-order chi connectivity index (χ1) is 9.90. The van der Waals surface area contributed by atoms with Gasteiger partial charge >= 0.3 is 0 Å². The molecular formula is C14H20Br2N2O2S. The van der Waals surface area contributed by atoms with Crippen molar-refractivity contribution in [2.24, 2.45) is 5.92 Å². The van der Waals surface area contributed by atoms with E-state index in [2.05, 4.69) is 36.6 Å². The van der Waals surface area contributed by atoms with Gasteiger partial charge in [-0.05, 0) is 40.4 Å². The first kappa shape index (κ1) is 17.2. The maximum atomic E-state index is 12.4. The van der Waals surface area contributed by atoms with Crippen molar-refractivity contribution in [1.29, 1.82) is 0 Å². The standard InChI is InChI=1S/C14H20Br2N2O2S/c15-11-8-12(16)14(13(17)9-11)21(19,20)18-7-6-10-4-2-1-3-5-10/h8-10,18H,1-7,17H2. The fourth-order valence-electron chi connectivity index (χ4n) is 2.81. The lowest BCUT2D eigenvalue weighted by Crippen LogP contribution is -2.27. The zero-order valence-electron chi connectivity index (χ0n) is 11.7. The highest BCUT2D eigenvalue weighted by molar-refractivity contribution is 9.11. The van der Waals surface area contributed by atoms with Crippen molar-refractivity contribution >= 4 is 47.6 Å². The van der Waals surface area contributed by atoms with E-state index >= 15 is 0 Å². The van der Waals surface area contributed by atoms with E-state index in [0.29, 0.717) is 16.9 Å². The van der Waals surface area contributed by atoms with Crippen molar-refractivity contribution < 1.29 is 8.42 Å². The van der Waals surface area contributed by atoms with Gasteiger partial charge in [0, 0.05) is 15.5 Å². The summed E-state index contributed by atoms with van der Waals surface area (Å²) in [6, 6.07) is 3.28. The molecule has 1 aromatic rings. The zero-order valence-corrected chi connectivity index (χ0v) is 15.7. The highest BCUT2D eigenvalue weighted by Crippen LogP contribution is 2.31. The van der Waals surface area contributed by atoms with E-state index in [9.17, 15) is 8.42 Å². The van der Waals surface area contributed by atoms with Crippen molar-refractivity contribution in [2.45, 2.75) is 43.4 Å². The van der Waals surface area contributed by atoms with Crippen LogP contribution in [-0.2, 0) is 10.0 Å². The molecule has 21 heavy (non-hydrogen) atoms. The second kappa shape index (κ2) is 7.44. The molecule has 0 unspecified atom stereocenters. The molecule has 2 rings (SSSR count). The summed E-state index contributed by atoms with van der Waals surface area (Å²) >= 11 is 6.57. The van der Waals surface area contributed by atoms with Crippen LogP contribution in [0.4, 0.5) is 5.69 Å². The predicted octanol–water partition coefficient (Wildman–Crippen LogP) is 4.04. The van der Waals surface area contributed by atoms with Crippen LogP contribution >= 0.6 is 31.9 Å². The molecule has 1 fully saturated rings. The quantitative estimate of drug-likeness (QED) is 0.679. The maximum absolute atomic E-state index is 12.4. The van der Waals surface area contributed by atoms with E-state index in [1.54, 1.807) is 12.1 Å². The Morgan fingerprint density at radius 2 is 1.86 bits per heavy atom. The van der Waals surface area contributed by atoms with E-state index in [4.69, 9.17) is 5.73 Å². The lowest BCUT2D eigenvalue weighted by Gasteiger charge is -2.21. The number of hydrogen-bond donors (Lipinski definition) is 2. The van der Waals surface area contributed by atoms with Gasteiger partial charge in [0.15, 0.2) is 0 Å². The molecule has 0 amide bonds. The van der Waals surface area contributed by atoms with Gasteiger partial charge in [-0.1, -0.05) is 48.0 Å². The van der Waals surface area contributed by atoms with E-state index in [0.717, 1.165) is 10.9 Å². The molecule has 118 valence electrons. The highest BCUT2D eigenvalue weighted by atomic mass is 79.9. The molecule has 0 radical (unpaired) electrons. The lowest BCUT2D eigenvalue weighted by atomic mass is 9.87. The van der Waals surface area contributed by atoms with E-state index in [1.165, 1.54) is 32.1 Å². The van der Waals surface area contributed by atoms with Crippen molar-refractivity contribution in [2.75, 3.05) is 12.3 Å². The number of halogens is 2. The fourth-order valence-corrected chi connectivity index (χ4v) is 5.92. The van der Waals surface area contributed by atoms with Crippen LogP contribution in [0.2, 0.25) is 0 Å². The molecule has 0 atom stereocenters. The molecule has 7 heteroatoms. The summed E-state index contributed by atoms with van der Waals surface area (Å²) in [5, 5.41) is 0. The van der Waals surface area contributed by atoms with Gasteiger partial charge in [-0.25, -0.2) is 13.1 Å². The van der Waals surface area contributed by atoms with Crippen LogP contribution in [0.5, 0.6) is 0 Å². The second-order valence-corrected chi connectivity index (χ2v) is 8.97. The van der Waals surface area contributed by atoms with Crippen LogP contribution < -0.4 is 10.5 Å². The number of nitrogen functional groups attached to an aromatic ring is 1. The summed E-state index contributed by atoms with van der Waals surface area (Å²) in [5.74, 6) is 0.646. The first-order valence-corrected chi connectivity index (χ1v) is 10.2. The molecule has 3 N–H and O–H groups in total. The molecule has 1 saturated carbocycles. The van der Waals surface area contributed by atoms with Crippen LogP contribution in [0, 0.1) is 5.92 Å². The topological polar surface area (TPSA) is 72.2 Å². The summed E-state index contributed by atoms with van der Waals surface area (Å²) in [7, 11) is -3.58. The van der Waals surface area contributed by atoms with E-state index in [-0.39, 0.29) is 10.6 Å².